The van der Waals surface area contributed by atoms with Crippen molar-refractivity contribution >= 4 is 6.08 Å². The van der Waals surface area contributed by atoms with Gasteiger partial charge in [-0.05, 0) is 30.5 Å². The summed E-state index contributed by atoms with van der Waals surface area (Å²) in [5, 5.41) is 0. The van der Waals surface area contributed by atoms with Gasteiger partial charge in [0.05, 0.1) is 0 Å². The lowest BCUT2D eigenvalue weighted by molar-refractivity contribution is 1.22. The van der Waals surface area contributed by atoms with E-state index in [0.717, 1.165) is 6.42 Å². The highest BCUT2D eigenvalue weighted by Gasteiger charge is 1.86. The van der Waals surface area contributed by atoms with Crippen LogP contribution in [-0.2, 0) is 0 Å². The second kappa shape index (κ2) is 3.91. The first-order valence-corrected chi connectivity index (χ1v) is 3.91. The van der Waals surface area contributed by atoms with Crippen LogP contribution in [0.15, 0.2) is 24.5 Å². The molecule has 1 nitrogen and oxygen atoms in total. The number of allylic oxidation sites excluding steroid dienone is 1. The van der Waals surface area contributed by atoms with E-state index in [9.17, 15) is 0 Å². The highest BCUT2D eigenvalue weighted by molar-refractivity contribution is 5.48. The van der Waals surface area contributed by atoms with Gasteiger partial charge in [0.2, 0.25) is 0 Å². The molecule has 0 atom stereocenters. The van der Waals surface area contributed by atoms with Gasteiger partial charge >= 0.3 is 0 Å². The normalized spacial score (nSPS) is 10.7. The Morgan fingerprint density at radius 1 is 1.45 bits per heavy atom. The van der Waals surface area contributed by atoms with Crippen molar-refractivity contribution in [2.24, 2.45) is 0 Å². The summed E-state index contributed by atoms with van der Waals surface area (Å²) in [5.41, 5.74) is 2.40. The Morgan fingerprint density at radius 2 is 2.27 bits per heavy atom. The SMILES string of the molecule is CCC=Cc1cncc(C)c1. The lowest BCUT2D eigenvalue weighted by Gasteiger charge is -1.93. The fourth-order valence-corrected chi connectivity index (χ4v) is 0.923. The molecule has 0 bridgehead atoms. The summed E-state index contributed by atoms with van der Waals surface area (Å²) in [4.78, 5) is 4.09. The molecule has 0 amide bonds. The molecule has 1 aromatic heterocycles. The molecular formula is C10H13N. The Labute approximate surface area is 67.8 Å². The van der Waals surface area contributed by atoms with E-state index in [4.69, 9.17) is 0 Å². The minimum atomic E-state index is 1.08. The predicted molar refractivity (Wildman–Crippen MR) is 48.3 cm³/mol. The summed E-state index contributed by atoms with van der Waals surface area (Å²) < 4.78 is 0. The van der Waals surface area contributed by atoms with Crippen LogP contribution in [0.5, 0.6) is 0 Å². The average molecular weight is 147 g/mol. The van der Waals surface area contributed by atoms with Gasteiger partial charge in [0.15, 0.2) is 0 Å². The summed E-state index contributed by atoms with van der Waals surface area (Å²) in [6, 6.07) is 2.12. The minimum absolute atomic E-state index is 1.08. The third-order valence-corrected chi connectivity index (χ3v) is 1.44. The first-order valence-electron chi connectivity index (χ1n) is 3.91. The Kier molecular flexibility index (Phi) is 2.84. The Morgan fingerprint density at radius 3 is 2.91 bits per heavy atom. The molecule has 0 N–H and O–H groups in total. The summed E-state index contributed by atoms with van der Waals surface area (Å²) in [6.45, 7) is 4.18. The van der Waals surface area contributed by atoms with Crippen molar-refractivity contribution in [2.45, 2.75) is 20.3 Å². The van der Waals surface area contributed by atoms with Crippen molar-refractivity contribution in [3.63, 3.8) is 0 Å². The van der Waals surface area contributed by atoms with Crippen molar-refractivity contribution in [1.29, 1.82) is 0 Å². The highest BCUT2D eigenvalue weighted by atomic mass is 14.6. The zero-order valence-electron chi connectivity index (χ0n) is 7.04. The number of rotatable bonds is 2. The number of hydrogen-bond donors (Lipinski definition) is 0. The van der Waals surface area contributed by atoms with Gasteiger partial charge < -0.3 is 0 Å². The molecule has 0 spiro atoms. The second-order valence-corrected chi connectivity index (χ2v) is 2.61. The first kappa shape index (κ1) is 7.99. The van der Waals surface area contributed by atoms with Crippen molar-refractivity contribution in [3.05, 3.63) is 35.7 Å². The largest absolute Gasteiger partial charge is 0.264 e. The second-order valence-electron chi connectivity index (χ2n) is 2.61. The van der Waals surface area contributed by atoms with E-state index in [2.05, 4.69) is 37.0 Å². The van der Waals surface area contributed by atoms with Crippen molar-refractivity contribution < 1.29 is 0 Å². The molecule has 1 rings (SSSR count). The van der Waals surface area contributed by atoms with Crippen molar-refractivity contribution in [2.75, 3.05) is 0 Å². The number of aromatic nitrogens is 1. The first-order chi connectivity index (χ1) is 5.33. The lowest BCUT2D eigenvalue weighted by atomic mass is 10.2. The van der Waals surface area contributed by atoms with Crippen LogP contribution in [0.4, 0.5) is 0 Å². The van der Waals surface area contributed by atoms with Crippen LogP contribution in [0.25, 0.3) is 6.08 Å². The monoisotopic (exact) mass is 147 g/mol. The maximum atomic E-state index is 4.09. The average Bonchev–Trinajstić information content (AvgIpc) is 2.01. The molecule has 0 fully saturated rings. The maximum absolute atomic E-state index is 4.09. The van der Waals surface area contributed by atoms with Gasteiger partial charge in [-0.1, -0.05) is 19.1 Å². The standard InChI is InChI=1S/C10H13N/c1-3-4-5-10-6-9(2)7-11-8-10/h4-8H,3H2,1-2H3. The quantitative estimate of drug-likeness (QED) is 0.626. The summed E-state index contributed by atoms with van der Waals surface area (Å²) in [5.74, 6) is 0. The number of nitrogens with zero attached hydrogens (tertiary/aromatic N) is 1. The topological polar surface area (TPSA) is 12.9 Å². The molecule has 11 heavy (non-hydrogen) atoms. The van der Waals surface area contributed by atoms with Gasteiger partial charge in [0.1, 0.15) is 0 Å². The van der Waals surface area contributed by atoms with Crippen LogP contribution >= 0.6 is 0 Å². The van der Waals surface area contributed by atoms with Gasteiger partial charge in [0, 0.05) is 12.4 Å². The van der Waals surface area contributed by atoms with Crippen molar-refractivity contribution in [1.82, 2.24) is 4.98 Å². The summed E-state index contributed by atoms with van der Waals surface area (Å²) >= 11 is 0. The molecule has 58 valence electrons. The van der Waals surface area contributed by atoms with Gasteiger partial charge in [-0.15, -0.1) is 0 Å². The van der Waals surface area contributed by atoms with Crippen LogP contribution in [-0.4, -0.2) is 4.98 Å². The fraction of sp³-hybridized carbons (Fsp3) is 0.300. The zero-order valence-corrected chi connectivity index (χ0v) is 7.04. The van der Waals surface area contributed by atoms with E-state index in [1.807, 2.05) is 12.4 Å². The Balaban J connectivity index is 2.79. The van der Waals surface area contributed by atoms with Crippen LogP contribution in [0.1, 0.15) is 24.5 Å². The van der Waals surface area contributed by atoms with E-state index >= 15 is 0 Å². The van der Waals surface area contributed by atoms with E-state index in [-0.39, 0.29) is 0 Å². The molecular weight excluding hydrogens is 134 g/mol. The van der Waals surface area contributed by atoms with Crippen LogP contribution in [0, 0.1) is 6.92 Å². The fourth-order valence-electron chi connectivity index (χ4n) is 0.923. The molecule has 0 radical (unpaired) electrons. The lowest BCUT2D eigenvalue weighted by Crippen LogP contribution is -1.78. The molecule has 0 saturated heterocycles. The molecule has 0 saturated carbocycles. The molecule has 1 heterocycles. The van der Waals surface area contributed by atoms with Gasteiger partial charge in [-0.2, -0.15) is 0 Å². The van der Waals surface area contributed by atoms with Gasteiger partial charge in [0.25, 0.3) is 0 Å². The molecule has 0 aliphatic carbocycles. The molecule has 1 aromatic rings. The molecule has 0 unspecified atom stereocenters. The minimum Gasteiger partial charge on any atom is -0.264 e. The molecule has 0 aliphatic heterocycles. The number of aryl methyl sites for hydroxylation is 1. The third kappa shape index (κ3) is 2.54. The summed E-state index contributed by atoms with van der Waals surface area (Å²) in [6.07, 6.45) is 9.05. The number of pyridine rings is 1. The highest BCUT2D eigenvalue weighted by Crippen LogP contribution is 2.03. The zero-order chi connectivity index (χ0) is 8.10. The number of hydrogen-bond acceptors (Lipinski definition) is 1. The van der Waals surface area contributed by atoms with Crippen LogP contribution < -0.4 is 0 Å². The maximum Gasteiger partial charge on any atom is 0.0340 e. The van der Waals surface area contributed by atoms with E-state index < -0.39 is 0 Å². The van der Waals surface area contributed by atoms with Crippen LogP contribution in [0.2, 0.25) is 0 Å². The third-order valence-electron chi connectivity index (χ3n) is 1.44. The van der Waals surface area contributed by atoms with E-state index in [1.165, 1.54) is 11.1 Å². The predicted octanol–water partition coefficient (Wildman–Crippen LogP) is 2.81. The van der Waals surface area contributed by atoms with Crippen LogP contribution in [0.3, 0.4) is 0 Å². The van der Waals surface area contributed by atoms with Crippen molar-refractivity contribution in [3.8, 4) is 0 Å². The summed E-state index contributed by atoms with van der Waals surface area (Å²) in [7, 11) is 0. The Hall–Kier alpha value is -1.11. The smallest absolute Gasteiger partial charge is 0.0340 e. The van der Waals surface area contributed by atoms with Gasteiger partial charge in [-0.3, -0.25) is 4.98 Å². The van der Waals surface area contributed by atoms with Gasteiger partial charge in [-0.25, -0.2) is 0 Å². The molecule has 0 aliphatic rings. The van der Waals surface area contributed by atoms with E-state index in [0.29, 0.717) is 0 Å². The molecule has 1 heteroatoms. The molecule has 0 aromatic carbocycles. The Bertz CT molecular complexity index is 251. The van der Waals surface area contributed by atoms with E-state index in [1.54, 1.807) is 0 Å².